The number of nitrogen functional groups attached to an aromatic ring is 1. The maximum Gasteiger partial charge on any atom is 0.0722 e. The number of rotatable bonds is 0. The van der Waals surface area contributed by atoms with E-state index in [1.54, 1.807) is 0 Å². The number of hydrogen-bond donors (Lipinski definition) is 1. The molecule has 0 spiro atoms. The van der Waals surface area contributed by atoms with Crippen molar-refractivity contribution in [1.29, 1.82) is 0 Å². The van der Waals surface area contributed by atoms with Gasteiger partial charge in [-0.15, -0.1) is 0 Å². The molecule has 1 aliphatic heterocycles. The Labute approximate surface area is 59.6 Å². The minimum atomic E-state index is 0.706. The van der Waals surface area contributed by atoms with Gasteiger partial charge < -0.3 is 10.5 Å². The van der Waals surface area contributed by atoms with Crippen LogP contribution < -0.4 is 5.73 Å². The Bertz CT molecular complexity index is 228. The molecule has 0 aromatic heterocycles. The van der Waals surface area contributed by atoms with E-state index in [-0.39, 0.29) is 0 Å². The minimum Gasteiger partial charge on any atom is -0.399 e. The van der Waals surface area contributed by atoms with Gasteiger partial charge in [-0.25, -0.2) is 0 Å². The summed E-state index contributed by atoms with van der Waals surface area (Å²) in [7, 11) is 0. The molecule has 0 unspecified atom stereocenters. The van der Waals surface area contributed by atoms with E-state index < -0.39 is 0 Å². The van der Waals surface area contributed by atoms with E-state index in [0.717, 1.165) is 5.69 Å². The van der Waals surface area contributed by atoms with Gasteiger partial charge in [0, 0.05) is 5.69 Å². The summed E-state index contributed by atoms with van der Waals surface area (Å²) in [4.78, 5) is 0. The maximum absolute atomic E-state index is 5.61. The molecule has 52 valence electrons. The lowest BCUT2D eigenvalue weighted by molar-refractivity contribution is 0.0994. The predicted molar refractivity (Wildman–Crippen MR) is 39.3 cm³/mol. The molecule has 0 saturated carbocycles. The highest BCUT2D eigenvalue weighted by Crippen LogP contribution is 2.18. The zero-order valence-electron chi connectivity index (χ0n) is 5.63. The van der Waals surface area contributed by atoms with Crippen molar-refractivity contribution in [2.45, 2.75) is 13.2 Å². The van der Waals surface area contributed by atoms with E-state index >= 15 is 0 Å². The van der Waals surface area contributed by atoms with E-state index in [2.05, 4.69) is 6.07 Å². The van der Waals surface area contributed by atoms with Gasteiger partial charge in [0.05, 0.1) is 13.2 Å². The molecule has 0 fully saturated rings. The van der Waals surface area contributed by atoms with Gasteiger partial charge in [0.25, 0.3) is 0 Å². The van der Waals surface area contributed by atoms with Gasteiger partial charge in [0.2, 0.25) is 0 Å². The normalized spacial score (nSPS) is 15.2. The molecule has 0 atom stereocenters. The Morgan fingerprint density at radius 3 is 2.30 bits per heavy atom. The highest BCUT2D eigenvalue weighted by molar-refractivity contribution is 5.45. The van der Waals surface area contributed by atoms with Crippen molar-refractivity contribution in [2.24, 2.45) is 0 Å². The third kappa shape index (κ3) is 0.866. The summed E-state index contributed by atoms with van der Waals surface area (Å²) >= 11 is 0. The van der Waals surface area contributed by atoms with Gasteiger partial charge in [0.1, 0.15) is 0 Å². The zero-order chi connectivity index (χ0) is 6.97. The fourth-order valence-electron chi connectivity index (χ4n) is 1.24. The molecule has 2 bridgehead atoms. The fraction of sp³-hybridized carbons (Fsp3) is 0.250. The lowest BCUT2D eigenvalue weighted by Crippen LogP contribution is -2.03. The van der Waals surface area contributed by atoms with E-state index in [4.69, 9.17) is 10.5 Å². The molecule has 10 heavy (non-hydrogen) atoms. The van der Waals surface area contributed by atoms with Crippen molar-refractivity contribution >= 4 is 5.69 Å². The monoisotopic (exact) mass is 135 g/mol. The number of ether oxygens (including phenoxy) is 1. The van der Waals surface area contributed by atoms with Gasteiger partial charge in [-0.05, 0) is 23.3 Å². The van der Waals surface area contributed by atoms with Gasteiger partial charge in [-0.2, -0.15) is 0 Å². The number of anilines is 1. The highest BCUT2D eigenvalue weighted by Gasteiger charge is 2.04. The van der Waals surface area contributed by atoms with Crippen LogP contribution in [0, 0.1) is 0 Å². The van der Waals surface area contributed by atoms with Crippen LogP contribution in [-0.4, -0.2) is 0 Å². The van der Waals surface area contributed by atoms with Gasteiger partial charge in [0.15, 0.2) is 0 Å². The van der Waals surface area contributed by atoms with Crippen LogP contribution in [0.5, 0.6) is 0 Å². The molecule has 1 aliphatic rings. The third-order valence-electron chi connectivity index (χ3n) is 1.61. The smallest absolute Gasteiger partial charge is 0.0722 e. The topological polar surface area (TPSA) is 35.2 Å². The Balaban J connectivity index is 2.54. The van der Waals surface area contributed by atoms with Crippen molar-refractivity contribution in [3.8, 4) is 0 Å². The summed E-state index contributed by atoms with van der Waals surface area (Å²) in [5.74, 6) is 0. The van der Waals surface area contributed by atoms with E-state index in [1.165, 1.54) is 11.1 Å². The molecule has 1 heterocycles. The standard InChI is InChI=1S/C8H9NO/c9-8-2-6-1-7(3-8)5-10-4-6/h1-3H,4-5,9H2. The first kappa shape index (κ1) is 5.74. The first-order valence-electron chi connectivity index (χ1n) is 3.31. The Morgan fingerprint density at radius 2 is 1.70 bits per heavy atom. The van der Waals surface area contributed by atoms with Gasteiger partial charge >= 0.3 is 0 Å². The quantitative estimate of drug-likeness (QED) is 0.544. The third-order valence-corrected chi connectivity index (χ3v) is 1.61. The van der Waals surface area contributed by atoms with Crippen LogP contribution in [0.1, 0.15) is 11.1 Å². The first-order chi connectivity index (χ1) is 4.84. The molecular formula is C8H9NO. The fourth-order valence-corrected chi connectivity index (χ4v) is 1.24. The van der Waals surface area contributed by atoms with Crippen molar-refractivity contribution in [3.63, 3.8) is 0 Å². The molecule has 2 heteroatoms. The van der Waals surface area contributed by atoms with Crippen LogP contribution in [0.4, 0.5) is 5.69 Å². The summed E-state index contributed by atoms with van der Waals surface area (Å²) < 4.78 is 5.25. The highest BCUT2D eigenvalue weighted by atomic mass is 16.5. The summed E-state index contributed by atoms with van der Waals surface area (Å²) in [6.45, 7) is 1.41. The van der Waals surface area contributed by atoms with Crippen molar-refractivity contribution in [2.75, 3.05) is 5.73 Å². The van der Waals surface area contributed by atoms with Crippen LogP contribution in [-0.2, 0) is 18.0 Å². The molecule has 1 aromatic carbocycles. The van der Waals surface area contributed by atoms with Crippen LogP contribution in [0.2, 0.25) is 0 Å². The SMILES string of the molecule is Nc1cc2cc(c1)COC2. The molecule has 2 nitrogen and oxygen atoms in total. The number of fused-ring (bicyclic) bond motifs is 2. The Hall–Kier alpha value is -1.02. The van der Waals surface area contributed by atoms with Crippen molar-refractivity contribution < 1.29 is 4.74 Å². The van der Waals surface area contributed by atoms with Crippen molar-refractivity contribution in [1.82, 2.24) is 0 Å². The average molecular weight is 135 g/mol. The van der Waals surface area contributed by atoms with Crippen LogP contribution in [0.15, 0.2) is 18.2 Å². The molecule has 0 saturated heterocycles. The second-order valence-corrected chi connectivity index (χ2v) is 2.58. The van der Waals surface area contributed by atoms with Crippen LogP contribution >= 0.6 is 0 Å². The number of benzene rings is 1. The molecule has 2 rings (SSSR count). The van der Waals surface area contributed by atoms with E-state index in [9.17, 15) is 0 Å². The first-order valence-corrected chi connectivity index (χ1v) is 3.31. The molecule has 1 aromatic rings. The lowest BCUT2D eigenvalue weighted by atomic mass is 10.1. The van der Waals surface area contributed by atoms with E-state index in [1.807, 2.05) is 12.1 Å². The van der Waals surface area contributed by atoms with Crippen LogP contribution in [0.3, 0.4) is 0 Å². The maximum atomic E-state index is 5.61. The number of nitrogens with two attached hydrogens (primary N) is 1. The predicted octanol–water partition coefficient (Wildman–Crippen LogP) is 1.30. The minimum absolute atomic E-state index is 0.706. The second kappa shape index (κ2) is 1.99. The van der Waals surface area contributed by atoms with Gasteiger partial charge in [-0.3, -0.25) is 0 Å². The molecular weight excluding hydrogens is 126 g/mol. The molecule has 0 amide bonds. The number of hydrogen-bond acceptors (Lipinski definition) is 2. The molecule has 0 radical (unpaired) electrons. The van der Waals surface area contributed by atoms with E-state index in [0.29, 0.717) is 13.2 Å². The summed E-state index contributed by atoms with van der Waals surface area (Å²) in [5.41, 5.74) is 8.82. The van der Waals surface area contributed by atoms with Gasteiger partial charge in [-0.1, -0.05) is 6.07 Å². The Kier molecular flexibility index (Phi) is 1.14. The largest absolute Gasteiger partial charge is 0.399 e. The summed E-state index contributed by atoms with van der Waals surface area (Å²) in [6, 6.07) is 6.02. The molecule has 0 aliphatic carbocycles. The summed E-state index contributed by atoms with van der Waals surface area (Å²) in [6.07, 6.45) is 0. The van der Waals surface area contributed by atoms with Crippen LogP contribution in [0.25, 0.3) is 0 Å². The molecule has 2 N–H and O–H groups in total. The zero-order valence-corrected chi connectivity index (χ0v) is 5.63. The van der Waals surface area contributed by atoms with Crippen molar-refractivity contribution in [3.05, 3.63) is 29.3 Å². The second-order valence-electron chi connectivity index (χ2n) is 2.58. The Morgan fingerprint density at radius 1 is 1.10 bits per heavy atom. The average Bonchev–Trinajstić information content (AvgIpc) is 1.85. The summed E-state index contributed by atoms with van der Waals surface area (Å²) in [5, 5.41) is 0. The lowest BCUT2D eigenvalue weighted by Gasteiger charge is -2.13.